The molecule has 0 spiro atoms. The van der Waals surface area contributed by atoms with E-state index in [-0.39, 0.29) is 0 Å². The van der Waals surface area contributed by atoms with Crippen molar-refractivity contribution in [3.8, 4) is 0 Å². The predicted molar refractivity (Wildman–Crippen MR) is 67.2 cm³/mol. The van der Waals surface area contributed by atoms with Crippen molar-refractivity contribution in [1.29, 1.82) is 0 Å². The van der Waals surface area contributed by atoms with Crippen molar-refractivity contribution in [1.82, 2.24) is 10.2 Å². The minimum atomic E-state index is 0.729. The van der Waals surface area contributed by atoms with Crippen molar-refractivity contribution in [3.05, 3.63) is 0 Å². The van der Waals surface area contributed by atoms with E-state index in [2.05, 4.69) is 31.1 Å². The van der Waals surface area contributed by atoms with E-state index < -0.39 is 0 Å². The van der Waals surface area contributed by atoms with Crippen LogP contribution in [-0.4, -0.2) is 37.6 Å². The second kappa shape index (κ2) is 7.24. The quantitative estimate of drug-likeness (QED) is 0.728. The summed E-state index contributed by atoms with van der Waals surface area (Å²) >= 11 is 0. The molecule has 2 unspecified atom stereocenters. The maximum Gasteiger partial charge on any atom is 0.0195 e. The third-order valence-corrected chi connectivity index (χ3v) is 3.53. The fourth-order valence-electron chi connectivity index (χ4n) is 2.71. The number of piperidine rings is 1. The summed E-state index contributed by atoms with van der Waals surface area (Å²) in [5.74, 6) is 0.933. The molecule has 0 aromatic rings. The molecule has 0 saturated carbocycles. The van der Waals surface area contributed by atoms with Crippen molar-refractivity contribution >= 4 is 0 Å². The fraction of sp³-hybridized carbons (Fsp3) is 1.00. The second-order valence-corrected chi connectivity index (χ2v) is 4.99. The van der Waals surface area contributed by atoms with Crippen LogP contribution in [0.2, 0.25) is 0 Å². The summed E-state index contributed by atoms with van der Waals surface area (Å²) < 4.78 is 0. The highest BCUT2D eigenvalue weighted by atomic mass is 15.2. The summed E-state index contributed by atoms with van der Waals surface area (Å²) in [5.41, 5.74) is 0. The van der Waals surface area contributed by atoms with Gasteiger partial charge in [-0.3, -0.25) is 0 Å². The third kappa shape index (κ3) is 4.52. The Morgan fingerprint density at radius 3 is 2.60 bits per heavy atom. The molecule has 0 aromatic heterocycles. The maximum absolute atomic E-state index is 3.46. The Kier molecular flexibility index (Phi) is 6.26. The van der Waals surface area contributed by atoms with Gasteiger partial charge in [-0.05, 0) is 38.8 Å². The Morgan fingerprint density at radius 2 is 2.00 bits per heavy atom. The van der Waals surface area contributed by atoms with E-state index in [1.807, 2.05) is 0 Å². The number of nitrogens with one attached hydrogen (secondary N) is 1. The molecule has 1 heterocycles. The van der Waals surface area contributed by atoms with Gasteiger partial charge < -0.3 is 10.2 Å². The molecule has 2 atom stereocenters. The van der Waals surface area contributed by atoms with Gasteiger partial charge in [-0.25, -0.2) is 0 Å². The van der Waals surface area contributed by atoms with Gasteiger partial charge >= 0.3 is 0 Å². The first-order valence-corrected chi connectivity index (χ1v) is 6.69. The van der Waals surface area contributed by atoms with E-state index in [9.17, 15) is 0 Å². The van der Waals surface area contributed by atoms with Crippen LogP contribution in [-0.2, 0) is 0 Å². The van der Waals surface area contributed by atoms with E-state index in [4.69, 9.17) is 0 Å². The zero-order valence-corrected chi connectivity index (χ0v) is 10.8. The van der Waals surface area contributed by atoms with E-state index >= 15 is 0 Å². The molecule has 1 aliphatic heterocycles. The topological polar surface area (TPSA) is 15.3 Å². The average Bonchev–Trinajstić information content (AvgIpc) is 2.26. The lowest BCUT2D eigenvalue weighted by atomic mass is 9.90. The van der Waals surface area contributed by atoms with Crippen molar-refractivity contribution < 1.29 is 0 Å². The van der Waals surface area contributed by atoms with Gasteiger partial charge in [0.05, 0.1) is 0 Å². The smallest absolute Gasteiger partial charge is 0.0195 e. The molecule has 1 rings (SSSR count). The first-order valence-electron chi connectivity index (χ1n) is 6.69. The lowest BCUT2D eigenvalue weighted by Gasteiger charge is -2.37. The average molecular weight is 212 g/mol. The Balaban J connectivity index is 2.36. The highest BCUT2D eigenvalue weighted by molar-refractivity contribution is 4.82. The van der Waals surface area contributed by atoms with Crippen LogP contribution in [0.25, 0.3) is 0 Å². The van der Waals surface area contributed by atoms with Crippen LogP contribution in [0, 0.1) is 5.92 Å². The monoisotopic (exact) mass is 212 g/mol. The Hall–Kier alpha value is -0.0800. The first kappa shape index (κ1) is 13.0. The van der Waals surface area contributed by atoms with Gasteiger partial charge in [-0.15, -0.1) is 0 Å². The summed E-state index contributed by atoms with van der Waals surface area (Å²) in [6.07, 6.45) is 6.85. The summed E-state index contributed by atoms with van der Waals surface area (Å²) in [5, 5.41) is 3.46. The number of rotatable bonds is 6. The van der Waals surface area contributed by atoms with Gasteiger partial charge in [0.15, 0.2) is 0 Å². The highest BCUT2D eigenvalue weighted by Gasteiger charge is 2.25. The molecular formula is C13H28N2. The molecule has 1 saturated heterocycles. The summed E-state index contributed by atoms with van der Waals surface area (Å²) in [4.78, 5) is 2.64. The van der Waals surface area contributed by atoms with Gasteiger partial charge in [0.1, 0.15) is 0 Å². The van der Waals surface area contributed by atoms with Crippen molar-refractivity contribution in [3.63, 3.8) is 0 Å². The third-order valence-electron chi connectivity index (χ3n) is 3.53. The van der Waals surface area contributed by atoms with Crippen LogP contribution in [0.4, 0.5) is 0 Å². The number of nitrogens with zero attached hydrogens (tertiary/aromatic N) is 1. The van der Waals surface area contributed by atoms with Gasteiger partial charge in [-0.2, -0.15) is 0 Å². The van der Waals surface area contributed by atoms with E-state index in [0.29, 0.717) is 0 Å². The molecule has 15 heavy (non-hydrogen) atoms. The molecule has 1 fully saturated rings. The van der Waals surface area contributed by atoms with E-state index in [0.717, 1.165) is 12.0 Å². The van der Waals surface area contributed by atoms with Crippen LogP contribution >= 0.6 is 0 Å². The zero-order chi connectivity index (χ0) is 11.1. The first-order chi connectivity index (χ1) is 7.30. The minimum absolute atomic E-state index is 0.729. The Labute approximate surface area is 95.4 Å². The van der Waals surface area contributed by atoms with E-state index in [1.165, 1.54) is 51.7 Å². The molecule has 0 bridgehead atoms. The van der Waals surface area contributed by atoms with E-state index in [1.54, 1.807) is 0 Å². The Morgan fingerprint density at radius 1 is 1.20 bits per heavy atom. The van der Waals surface area contributed by atoms with Gasteiger partial charge in [-0.1, -0.05) is 26.7 Å². The molecule has 0 amide bonds. The SMILES string of the molecule is CCCCC1CC(NC)CN(CCC)C1. The second-order valence-electron chi connectivity index (χ2n) is 4.99. The van der Waals surface area contributed by atoms with Crippen molar-refractivity contribution in [2.75, 3.05) is 26.7 Å². The zero-order valence-electron chi connectivity index (χ0n) is 10.8. The van der Waals surface area contributed by atoms with Crippen molar-refractivity contribution in [2.45, 2.75) is 52.0 Å². The van der Waals surface area contributed by atoms with Crippen LogP contribution in [0.3, 0.4) is 0 Å². The van der Waals surface area contributed by atoms with Crippen molar-refractivity contribution in [2.24, 2.45) is 5.92 Å². The molecule has 0 aliphatic carbocycles. The molecule has 1 N–H and O–H groups in total. The predicted octanol–water partition coefficient (Wildman–Crippen LogP) is 2.50. The number of unbranched alkanes of at least 4 members (excludes halogenated alkanes) is 1. The van der Waals surface area contributed by atoms with Gasteiger partial charge in [0.2, 0.25) is 0 Å². The molecule has 2 heteroatoms. The number of likely N-dealkylation sites (N-methyl/N-ethyl adjacent to an activating group) is 1. The highest BCUT2D eigenvalue weighted by Crippen LogP contribution is 2.22. The minimum Gasteiger partial charge on any atom is -0.316 e. The summed E-state index contributed by atoms with van der Waals surface area (Å²) in [6, 6.07) is 0.729. The molecule has 1 aliphatic rings. The summed E-state index contributed by atoms with van der Waals surface area (Å²) in [6.45, 7) is 8.45. The fourth-order valence-corrected chi connectivity index (χ4v) is 2.71. The number of hydrogen-bond acceptors (Lipinski definition) is 2. The van der Waals surface area contributed by atoms with Crippen LogP contribution in [0.1, 0.15) is 46.0 Å². The molecular weight excluding hydrogens is 184 g/mol. The normalized spacial score (nSPS) is 28.2. The molecule has 90 valence electrons. The lowest BCUT2D eigenvalue weighted by molar-refractivity contribution is 0.138. The number of likely N-dealkylation sites (tertiary alicyclic amines) is 1. The summed E-state index contributed by atoms with van der Waals surface area (Å²) in [7, 11) is 2.11. The Bertz CT molecular complexity index is 159. The van der Waals surface area contributed by atoms with Crippen LogP contribution in [0.15, 0.2) is 0 Å². The van der Waals surface area contributed by atoms with Gasteiger partial charge in [0, 0.05) is 19.1 Å². The largest absolute Gasteiger partial charge is 0.316 e. The molecule has 0 radical (unpaired) electrons. The molecule has 2 nitrogen and oxygen atoms in total. The lowest BCUT2D eigenvalue weighted by Crippen LogP contribution is -2.48. The maximum atomic E-state index is 3.46. The molecule has 0 aromatic carbocycles. The number of hydrogen-bond donors (Lipinski definition) is 1. The van der Waals surface area contributed by atoms with Crippen LogP contribution in [0.5, 0.6) is 0 Å². The van der Waals surface area contributed by atoms with Crippen LogP contribution < -0.4 is 5.32 Å². The van der Waals surface area contributed by atoms with Gasteiger partial charge in [0.25, 0.3) is 0 Å². The standard InChI is InChI=1S/C13H28N2/c1-4-6-7-12-9-13(14-3)11-15(10-12)8-5-2/h12-14H,4-11H2,1-3H3.